The van der Waals surface area contributed by atoms with E-state index in [-0.39, 0.29) is 49.7 Å². The minimum atomic E-state index is -4.89. The molecule has 236 valence electrons. The van der Waals surface area contributed by atoms with Gasteiger partial charge >= 0.3 is 6.01 Å². The minimum Gasteiger partial charge on any atom is -0.479 e. The molecule has 0 atom stereocenters. The lowest BCUT2D eigenvalue weighted by molar-refractivity contribution is -0.432. The molecule has 45 heavy (non-hydrogen) atoms. The first-order chi connectivity index (χ1) is 21.0. The number of aromatic hydroxyl groups is 1. The molecule has 18 nitrogen and oxygen atoms in total. The zero-order valence-electron chi connectivity index (χ0n) is 21.8. The Morgan fingerprint density at radius 3 is 1.64 bits per heavy atom. The molecule has 0 unspecified atom stereocenters. The minimum absolute atomic E-state index is 0.0201. The van der Waals surface area contributed by atoms with Gasteiger partial charge in [0.1, 0.15) is 9.79 Å². The summed E-state index contributed by atoms with van der Waals surface area (Å²) < 4.78 is 104. The third-order valence-electron chi connectivity index (χ3n) is 5.93. The fourth-order valence-corrected chi connectivity index (χ4v) is 6.81. The lowest BCUT2D eigenvalue weighted by Gasteiger charge is -2.12. The monoisotopic (exact) mass is 699 g/mol. The van der Waals surface area contributed by atoms with E-state index in [9.17, 15) is 44.0 Å². The second kappa shape index (κ2) is 11.9. The van der Waals surface area contributed by atoms with Gasteiger partial charge in [0.15, 0.2) is 0 Å². The van der Waals surface area contributed by atoms with Gasteiger partial charge in [-0.3, -0.25) is 13.7 Å². The van der Waals surface area contributed by atoms with Gasteiger partial charge in [-0.25, -0.2) is 5.26 Å². The molecule has 4 aromatic carbocycles. The molecule has 5 aromatic rings. The summed E-state index contributed by atoms with van der Waals surface area (Å²) in [4.78, 5) is 9.80. The van der Waals surface area contributed by atoms with E-state index in [0.717, 1.165) is 12.1 Å². The Kier molecular flexibility index (Phi) is 8.53. The maximum Gasteiger partial charge on any atom is 0.320 e. The number of anilines is 4. The van der Waals surface area contributed by atoms with Crippen molar-refractivity contribution in [3.05, 3.63) is 60.7 Å². The van der Waals surface area contributed by atoms with E-state index in [1.165, 1.54) is 42.5 Å². The number of fused-ring (bicyclic) bond motifs is 2. The van der Waals surface area contributed by atoms with Gasteiger partial charge in [-0.15, -0.1) is 4.33 Å². The molecular formula is C23H17N5O13S4. The lowest BCUT2D eigenvalue weighted by atomic mass is 10.1. The molecule has 0 aliphatic heterocycles. The summed E-state index contributed by atoms with van der Waals surface area (Å²) in [6, 6.07) is 11.5. The maximum absolute atomic E-state index is 11.9. The van der Waals surface area contributed by atoms with Crippen LogP contribution in [0, 0.1) is 0 Å². The van der Waals surface area contributed by atoms with E-state index in [0.29, 0.717) is 18.1 Å². The Balaban J connectivity index is 1.49. The summed E-state index contributed by atoms with van der Waals surface area (Å²) in [6.45, 7) is 0. The number of aromatic nitrogens is 3. The second-order valence-corrected chi connectivity index (χ2v) is 13.9. The van der Waals surface area contributed by atoms with Crippen molar-refractivity contribution in [2.45, 2.75) is 19.6 Å². The van der Waals surface area contributed by atoms with E-state index in [4.69, 9.17) is 5.26 Å². The van der Waals surface area contributed by atoms with Crippen LogP contribution in [0.15, 0.2) is 80.2 Å². The van der Waals surface area contributed by atoms with Crippen LogP contribution in [0.5, 0.6) is 6.01 Å². The van der Waals surface area contributed by atoms with Gasteiger partial charge in [0.2, 0.25) is 11.9 Å². The van der Waals surface area contributed by atoms with Crippen molar-refractivity contribution in [2.75, 3.05) is 10.6 Å². The number of benzene rings is 4. The predicted octanol–water partition coefficient (Wildman–Crippen LogP) is 3.54. The van der Waals surface area contributed by atoms with Crippen LogP contribution in [0.1, 0.15) is 0 Å². The van der Waals surface area contributed by atoms with E-state index in [1.807, 2.05) is 0 Å². The molecule has 0 saturated carbocycles. The van der Waals surface area contributed by atoms with Crippen molar-refractivity contribution in [3.63, 3.8) is 0 Å². The highest BCUT2D eigenvalue weighted by Crippen LogP contribution is 2.33. The molecule has 0 fully saturated rings. The van der Waals surface area contributed by atoms with Crippen LogP contribution in [-0.2, 0) is 39.7 Å². The Bertz CT molecular complexity index is 2320. The fourth-order valence-electron chi connectivity index (χ4n) is 4.19. The van der Waals surface area contributed by atoms with Gasteiger partial charge in [-0.05, 0) is 59.3 Å². The van der Waals surface area contributed by atoms with E-state index < -0.39 is 51.1 Å². The van der Waals surface area contributed by atoms with Crippen molar-refractivity contribution in [3.8, 4) is 6.01 Å². The quantitative estimate of drug-likeness (QED) is 0.0474. The van der Waals surface area contributed by atoms with Crippen molar-refractivity contribution >= 4 is 87.2 Å². The third-order valence-corrected chi connectivity index (χ3v) is 9.10. The average Bonchev–Trinajstić information content (AvgIpc) is 2.93. The third kappa shape index (κ3) is 7.36. The van der Waals surface area contributed by atoms with Crippen LogP contribution in [-0.4, -0.2) is 64.2 Å². The van der Waals surface area contributed by atoms with Crippen LogP contribution in [0.25, 0.3) is 21.5 Å². The first-order valence-electron chi connectivity index (χ1n) is 11.7. The van der Waals surface area contributed by atoms with E-state index in [1.54, 1.807) is 0 Å². The Morgan fingerprint density at radius 2 is 1.16 bits per heavy atom. The summed E-state index contributed by atoms with van der Waals surface area (Å²) in [5.41, 5.74) is 0.443. The Hall–Kier alpha value is -4.23. The van der Waals surface area contributed by atoms with Gasteiger partial charge in [0, 0.05) is 27.0 Å². The maximum atomic E-state index is 11.9. The molecule has 5 rings (SSSR count). The number of hydrogen-bond donors (Lipinski definition) is 7. The summed E-state index contributed by atoms with van der Waals surface area (Å²) in [5, 5.41) is 27.9. The topological polar surface area (TPSA) is 285 Å². The molecule has 1 heterocycles. The molecule has 0 bridgehead atoms. The first-order valence-corrected chi connectivity index (χ1v) is 16.8. The lowest BCUT2D eigenvalue weighted by Crippen LogP contribution is -2.05. The highest BCUT2D eigenvalue weighted by atomic mass is 32.2. The molecule has 0 radical (unpaired) electrons. The molecule has 1 aromatic heterocycles. The number of nitrogens with one attached hydrogen (secondary N) is 2. The predicted molar refractivity (Wildman–Crippen MR) is 156 cm³/mol. The molecule has 0 spiro atoms. The van der Waals surface area contributed by atoms with Crippen LogP contribution in [0.2, 0.25) is 0 Å². The van der Waals surface area contributed by atoms with Crippen LogP contribution in [0.4, 0.5) is 23.3 Å². The Labute approximate surface area is 257 Å². The summed E-state index contributed by atoms with van der Waals surface area (Å²) in [6.07, 6.45) is 0. The fraction of sp³-hybridized carbons (Fsp3) is 0. The van der Waals surface area contributed by atoms with Crippen molar-refractivity contribution in [1.82, 2.24) is 15.0 Å². The number of rotatable bonds is 10. The normalized spacial score (nSPS) is 12.4. The molecule has 0 aliphatic rings. The highest BCUT2D eigenvalue weighted by Gasteiger charge is 2.21. The molecule has 0 saturated heterocycles. The van der Waals surface area contributed by atoms with E-state index in [2.05, 4.69) is 35.0 Å². The molecule has 7 N–H and O–H groups in total. The summed E-state index contributed by atoms with van der Waals surface area (Å²) in [5.74, 6) is -0.440. The van der Waals surface area contributed by atoms with Gasteiger partial charge < -0.3 is 15.7 Å². The highest BCUT2D eigenvalue weighted by molar-refractivity contribution is 7.94. The Morgan fingerprint density at radius 1 is 0.644 bits per heavy atom. The van der Waals surface area contributed by atoms with Gasteiger partial charge in [-0.2, -0.15) is 40.2 Å². The second-order valence-electron chi connectivity index (χ2n) is 8.90. The zero-order chi connectivity index (χ0) is 32.7. The van der Waals surface area contributed by atoms with Gasteiger partial charge in [0.05, 0.1) is 16.9 Å². The van der Waals surface area contributed by atoms with E-state index >= 15 is 0 Å². The van der Waals surface area contributed by atoms with Crippen LogP contribution >= 0.6 is 12.0 Å². The van der Waals surface area contributed by atoms with Crippen LogP contribution in [0.3, 0.4) is 0 Å². The smallest absolute Gasteiger partial charge is 0.320 e. The average molecular weight is 700 g/mol. The van der Waals surface area contributed by atoms with Crippen LogP contribution < -0.4 is 10.6 Å². The summed E-state index contributed by atoms with van der Waals surface area (Å²) in [7, 11) is -14.4. The molecule has 0 aliphatic carbocycles. The molecular weight excluding hydrogens is 683 g/mol. The van der Waals surface area contributed by atoms with Crippen molar-refractivity contribution in [2.24, 2.45) is 0 Å². The number of nitrogens with zero attached hydrogens (tertiary/aromatic N) is 3. The van der Waals surface area contributed by atoms with Gasteiger partial charge in [0.25, 0.3) is 30.4 Å². The largest absolute Gasteiger partial charge is 0.479 e. The summed E-state index contributed by atoms with van der Waals surface area (Å²) >= 11 is 0.458. The van der Waals surface area contributed by atoms with Crippen molar-refractivity contribution < 1.29 is 58.6 Å². The SMILES string of the molecule is O=S(=O)(O)c1cc(S(=O)(=O)O)c2ccc(Nc3nc(O)nc(Nc4ccc5c(S(=O)(=O)O)cc(SOOO)cc5c4)n3)cc2c1. The standard InChI is InChI=1S/C23H17N5O13S4/c29-23-27-21(24-13-1-3-17-11(5-13)7-15(42-41-40-30)9-19(17)44(34,35)36)26-22(28-23)25-14-2-4-18-12(6-14)8-16(43(31,32)33)10-20(18)45(37,38)39/h1-10,30H,(H,31,32,33)(H,34,35,36)(H,37,38,39)(H3,24,25,26,27,28,29). The van der Waals surface area contributed by atoms with Gasteiger partial charge in [-0.1, -0.05) is 17.2 Å². The molecule has 22 heteroatoms. The zero-order valence-corrected chi connectivity index (χ0v) is 25.0. The van der Waals surface area contributed by atoms with Crippen molar-refractivity contribution in [1.29, 1.82) is 0 Å². The first kappa shape index (κ1) is 32.2. The molecule has 0 amide bonds. The number of hydrogen-bond acceptors (Lipinski definition) is 16.